The molecule has 1 aromatic heterocycles. The van der Waals surface area contributed by atoms with Crippen molar-refractivity contribution >= 4 is 11.6 Å². The van der Waals surface area contributed by atoms with Gasteiger partial charge in [-0.25, -0.2) is 0 Å². The maximum Gasteiger partial charge on any atom is 0.165 e. The summed E-state index contributed by atoms with van der Waals surface area (Å²) in [7, 11) is 1.58. The quantitative estimate of drug-likeness (QED) is 0.887. The minimum absolute atomic E-state index is 0.00943. The fourth-order valence-electron chi connectivity index (χ4n) is 2.07. The van der Waals surface area contributed by atoms with Crippen molar-refractivity contribution in [2.24, 2.45) is 5.73 Å². The highest BCUT2D eigenvalue weighted by molar-refractivity contribution is 6.30. The van der Waals surface area contributed by atoms with Crippen LogP contribution in [0, 0.1) is 6.92 Å². The van der Waals surface area contributed by atoms with Crippen LogP contribution in [0.5, 0.6) is 11.5 Å². The number of ether oxygens (including phenoxy) is 2. The third-order valence-electron chi connectivity index (χ3n) is 2.90. The van der Waals surface area contributed by atoms with E-state index in [9.17, 15) is 0 Å². The van der Waals surface area contributed by atoms with Gasteiger partial charge in [-0.05, 0) is 26.3 Å². The molecule has 0 bridgehead atoms. The van der Waals surface area contributed by atoms with Crippen LogP contribution < -0.4 is 15.2 Å². The number of rotatable bonds is 6. The van der Waals surface area contributed by atoms with E-state index in [1.165, 1.54) is 0 Å². The van der Waals surface area contributed by atoms with Gasteiger partial charge in [0.25, 0.3) is 0 Å². The second kappa shape index (κ2) is 6.83. The summed E-state index contributed by atoms with van der Waals surface area (Å²) in [5.74, 6) is 1.96. The van der Waals surface area contributed by atoms with Crippen LogP contribution in [-0.2, 0) is 13.0 Å². The Labute approximate surface area is 129 Å². The van der Waals surface area contributed by atoms with Crippen LogP contribution in [0.3, 0.4) is 0 Å². The predicted molar refractivity (Wildman–Crippen MR) is 80.9 cm³/mol. The fraction of sp³-hybridized carbons (Fsp3) is 0.400. The summed E-state index contributed by atoms with van der Waals surface area (Å²) in [4.78, 5) is 0. The Balaban J connectivity index is 2.26. The van der Waals surface area contributed by atoms with Crippen LogP contribution in [-0.4, -0.2) is 18.3 Å². The highest BCUT2D eigenvalue weighted by Gasteiger charge is 2.15. The van der Waals surface area contributed by atoms with Gasteiger partial charge in [-0.15, -0.1) is 0 Å². The average Bonchev–Trinajstić information content (AvgIpc) is 2.82. The molecule has 2 N–H and O–H groups in total. The molecule has 1 atom stereocenters. The van der Waals surface area contributed by atoms with Gasteiger partial charge < -0.3 is 19.7 Å². The monoisotopic (exact) mass is 310 g/mol. The van der Waals surface area contributed by atoms with Crippen molar-refractivity contribution in [1.29, 1.82) is 0 Å². The van der Waals surface area contributed by atoms with Crippen molar-refractivity contribution in [3.05, 3.63) is 40.2 Å². The number of aryl methyl sites for hydroxylation is 1. The fourth-order valence-corrected chi connectivity index (χ4v) is 2.30. The van der Waals surface area contributed by atoms with Crippen LogP contribution in [0.25, 0.3) is 0 Å². The minimum atomic E-state index is -0.00943. The van der Waals surface area contributed by atoms with E-state index in [0.29, 0.717) is 29.5 Å². The van der Waals surface area contributed by atoms with E-state index in [1.807, 2.05) is 26.0 Å². The first-order chi connectivity index (χ1) is 9.99. The van der Waals surface area contributed by atoms with Crippen molar-refractivity contribution in [2.75, 3.05) is 7.11 Å². The molecule has 2 aromatic rings. The number of nitrogens with two attached hydrogens (primary N) is 1. The molecule has 2 rings (SSSR count). The summed E-state index contributed by atoms with van der Waals surface area (Å²) in [6.07, 6.45) is 0.643. The maximum absolute atomic E-state index is 6.10. The zero-order valence-corrected chi connectivity index (χ0v) is 13.1. The van der Waals surface area contributed by atoms with Gasteiger partial charge in [0.2, 0.25) is 0 Å². The average molecular weight is 311 g/mol. The molecule has 0 spiro atoms. The van der Waals surface area contributed by atoms with Crippen LogP contribution in [0.2, 0.25) is 5.02 Å². The summed E-state index contributed by atoms with van der Waals surface area (Å²) in [5.41, 5.74) is 7.51. The molecule has 0 aliphatic rings. The van der Waals surface area contributed by atoms with Gasteiger partial charge in [-0.2, -0.15) is 0 Å². The van der Waals surface area contributed by atoms with Crippen LogP contribution in [0.1, 0.15) is 23.9 Å². The Morgan fingerprint density at radius 2 is 2.14 bits per heavy atom. The lowest BCUT2D eigenvalue weighted by molar-refractivity contribution is 0.268. The molecule has 0 radical (unpaired) electrons. The van der Waals surface area contributed by atoms with Gasteiger partial charge in [-0.3, -0.25) is 0 Å². The Morgan fingerprint density at radius 3 is 2.71 bits per heavy atom. The van der Waals surface area contributed by atoms with E-state index < -0.39 is 0 Å². The summed E-state index contributed by atoms with van der Waals surface area (Å²) < 4.78 is 16.2. The van der Waals surface area contributed by atoms with E-state index >= 15 is 0 Å². The topological polar surface area (TPSA) is 70.5 Å². The highest BCUT2D eigenvalue weighted by Crippen LogP contribution is 2.35. The standard InChI is InChI=1S/C15H19ClN2O3/c1-9(17)4-11-6-12(16)7-14(19-3)15(11)20-8-13-5-10(2)21-18-13/h5-7,9H,4,8,17H2,1-3H3. The molecule has 1 heterocycles. The molecule has 0 amide bonds. The van der Waals surface area contributed by atoms with E-state index in [-0.39, 0.29) is 6.04 Å². The summed E-state index contributed by atoms with van der Waals surface area (Å²) >= 11 is 6.10. The third kappa shape index (κ3) is 4.12. The van der Waals surface area contributed by atoms with Gasteiger partial charge in [0.1, 0.15) is 18.1 Å². The largest absolute Gasteiger partial charge is 0.493 e. The van der Waals surface area contributed by atoms with Gasteiger partial charge in [-0.1, -0.05) is 16.8 Å². The molecule has 0 saturated heterocycles. The number of halogens is 1. The van der Waals surface area contributed by atoms with Crippen molar-refractivity contribution in [2.45, 2.75) is 32.9 Å². The zero-order chi connectivity index (χ0) is 15.4. The van der Waals surface area contributed by atoms with Crippen LogP contribution >= 0.6 is 11.6 Å². The van der Waals surface area contributed by atoms with Crippen molar-refractivity contribution in [1.82, 2.24) is 5.16 Å². The molecule has 0 aliphatic carbocycles. The molecule has 1 unspecified atom stereocenters. The lowest BCUT2D eigenvalue weighted by atomic mass is 10.1. The van der Waals surface area contributed by atoms with Gasteiger partial charge in [0.05, 0.1) is 7.11 Å². The number of nitrogens with zero attached hydrogens (tertiary/aromatic N) is 1. The van der Waals surface area contributed by atoms with E-state index in [0.717, 1.165) is 17.0 Å². The molecule has 21 heavy (non-hydrogen) atoms. The van der Waals surface area contributed by atoms with Crippen LogP contribution in [0.15, 0.2) is 22.7 Å². The summed E-state index contributed by atoms with van der Waals surface area (Å²) in [6, 6.07) is 5.38. The second-order valence-electron chi connectivity index (χ2n) is 5.00. The first-order valence-corrected chi connectivity index (χ1v) is 7.04. The number of methoxy groups -OCH3 is 1. The molecule has 0 saturated carbocycles. The molecule has 0 aliphatic heterocycles. The van der Waals surface area contributed by atoms with Crippen molar-refractivity contribution in [3.63, 3.8) is 0 Å². The first kappa shape index (κ1) is 15.7. The molecular formula is C15H19ClN2O3. The molecule has 5 nitrogen and oxygen atoms in total. The maximum atomic E-state index is 6.10. The highest BCUT2D eigenvalue weighted by atomic mass is 35.5. The van der Waals surface area contributed by atoms with E-state index in [4.69, 9.17) is 31.3 Å². The Bertz CT molecular complexity index is 611. The van der Waals surface area contributed by atoms with Crippen molar-refractivity contribution in [3.8, 4) is 11.5 Å². The van der Waals surface area contributed by atoms with E-state index in [1.54, 1.807) is 13.2 Å². The van der Waals surface area contributed by atoms with Gasteiger partial charge in [0.15, 0.2) is 11.5 Å². The van der Waals surface area contributed by atoms with Crippen LogP contribution in [0.4, 0.5) is 0 Å². The number of hydrogen-bond donors (Lipinski definition) is 1. The van der Waals surface area contributed by atoms with Gasteiger partial charge in [0, 0.05) is 28.8 Å². The lowest BCUT2D eigenvalue weighted by Crippen LogP contribution is -2.18. The van der Waals surface area contributed by atoms with E-state index in [2.05, 4.69) is 5.16 Å². The second-order valence-corrected chi connectivity index (χ2v) is 5.43. The molecule has 114 valence electrons. The lowest BCUT2D eigenvalue weighted by Gasteiger charge is -2.16. The molecule has 0 fully saturated rings. The Morgan fingerprint density at radius 1 is 1.38 bits per heavy atom. The summed E-state index contributed by atoms with van der Waals surface area (Å²) in [5, 5.41) is 4.49. The molecular weight excluding hydrogens is 292 g/mol. The number of hydrogen-bond acceptors (Lipinski definition) is 5. The smallest absolute Gasteiger partial charge is 0.165 e. The molecule has 6 heteroatoms. The normalized spacial score (nSPS) is 12.2. The molecule has 1 aromatic carbocycles. The van der Waals surface area contributed by atoms with Gasteiger partial charge >= 0.3 is 0 Å². The zero-order valence-electron chi connectivity index (χ0n) is 12.4. The number of benzene rings is 1. The number of aromatic nitrogens is 1. The van der Waals surface area contributed by atoms with Crippen molar-refractivity contribution < 1.29 is 14.0 Å². The predicted octanol–water partition coefficient (Wildman–Crippen LogP) is 3.11. The Hall–Kier alpha value is -1.72. The first-order valence-electron chi connectivity index (χ1n) is 6.66. The minimum Gasteiger partial charge on any atom is -0.493 e. The summed E-state index contributed by atoms with van der Waals surface area (Å²) in [6.45, 7) is 4.06. The SMILES string of the molecule is COc1cc(Cl)cc(CC(C)N)c1OCc1cc(C)on1. The third-order valence-corrected chi connectivity index (χ3v) is 3.12. The Kier molecular flexibility index (Phi) is 5.09.